The molecule has 2 aliphatic rings. The predicted molar refractivity (Wildman–Crippen MR) is 77.2 cm³/mol. The molecule has 0 amide bonds. The fraction of sp³-hybridized carbons (Fsp3) is 0.562. The molecule has 0 unspecified atom stereocenters. The van der Waals surface area contributed by atoms with Gasteiger partial charge in [0.2, 0.25) is 0 Å². The summed E-state index contributed by atoms with van der Waals surface area (Å²) >= 11 is 0. The second-order valence-corrected chi connectivity index (χ2v) is 6.64. The fourth-order valence-corrected chi connectivity index (χ4v) is 4.11. The van der Waals surface area contributed by atoms with Gasteiger partial charge in [0, 0.05) is 25.5 Å². The maximum absolute atomic E-state index is 4.36. The zero-order valence-corrected chi connectivity index (χ0v) is 11.7. The van der Waals surface area contributed by atoms with Crippen molar-refractivity contribution >= 4 is 10.9 Å². The van der Waals surface area contributed by atoms with Gasteiger partial charge in [-0.15, -0.1) is 0 Å². The molecule has 3 nitrogen and oxygen atoms in total. The SMILES string of the molecule is Cc1c(CC2CC3(CNC3)C2)ccc2cnn(C)c12. The number of nitrogens with one attached hydrogen (secondary N) is 1. The van der Waals surface area contributed by atoms with E-state index < -0.39 is 0 Å². The summed E-state index contributed by atoms with van der Waals surface area (Å²) in [5.74, 6) is 0.895. The van der Waals surface area contributed by atoms with Crippen LogP contribution in [0.25, 0.3) is 10.9 Å². The Labute approximate surface area is 114 Å². The van der Waals surface area contributed by atoms with Gasteiger partial charge < -0.3 is 5.32 Å². The second kappa shape index (κ2) is 3.83. The van der Waals surface area contributed by atoms with E-state index in [4.69, 9.17) is 0 Å². The lowest BCUT2D eigenvalue weighted by Crippen LogP contribution is -2.60. The first-order chi connectivity index (χ1) is 9.17. The molecule has 1 aliphatic heterocycles. The van der Waals surface area contributed by atoms with Crippen molar-refractivity contribution < 1.29 is 0 Å². The molecule has 2 aromatic rings. The molecule has 4 rings (SSSR count). The molecule has 1 aromatic carbocycles. The monoisotopic (exact) mass is 255 g/mol. The van der Waals surface area contributed by atoms with Crippen molar-refractivity contribution in [2.45, 2.75) is 26.2 Å². The Kier molecular flexibility index (Phi) is 2.31. The van der Waals surface area contributed by atoms with Crippen LogP contribution in [0.2, 0.25) is 0 Å². The third-order valence-electron chi connectivity index (χ3n) is 5.22. The summed E-state index contributed by atoms with van der Waals surface area (Å²) in [4.78, 5) is 0. The number of hydrogen-bond acceptors (Lipinski definition) is 2. The van der Waals surface area contributed by atoms with E-state index in [9.17, 15) is 0 Å². The molecule has 1 saturated carbocycles. The number of fused-ring (bicyclic) bond motifs is 1. The number of aromatic nitrogens is 2. The first kappa shape index (κ1) is 11.5. The van der Waals surface area contributed by atoms with Crippen molar-refractivity contribution in [3.8, 4) is 0 Å². The van der Waals surface area contributed by atoms with E-state index in [1.165, 1.54) is 54.4 Å². The van der Waals surface area contributed by atoms with Crippen LogP contribution >= 0.6 is 0 Å². The van der Waals surface area contributed by atoms with Crippen LogP contribution in [0.5, 0.6) is 0 Å². The first-order valence-electron chi connectivity index (χ1n) is 7.28. The van der Waals surface area contributed by atoms with Gasteiger partial charge in [-0.05, 0) is 48.6 Å². The zero-order chi connectivity index (χ0) is 13.0. The highest BCUT2D eigenvalue weighted by Crippen LogP contribution is 2.49. The van der Waals surface area contributed by atoms with E-state index in [1.54, 1.807) is 0 Å². The van der Waals surface area contributed by atoms with Crippen LogP contribution in [0.3, 0.4) is 0 Å². The van der Waals surface area contributed by atoms with Gasteiger partial charge in [-0.2, -0.15) is 5.10 Å². The Hall–Kier alpha value is -1.35. The van der Waals surface area contributed by atoms with Gasteiger partial charge >= 0.3 is 0 Å². The van der Waals surface area contributed by atoms with Gasteiger partial charge in [-0.25, -0.2) is 0 Å². The van der Waals surface area contributed by atoms with Gasteiger partial charge in [0.15, 0.2) is 0 Å². The quantitative estimate of drug-likeness (QED) is 0.893. The highest BCUT2D eigenvalue weighted by molar-refractivity contribution is 5.82. The largest absolute Gasteiger partial charge is 0.316 e. The van der Waals surface area contributed by atoms with E-state index >= 15 is 0 Å². The zero-order valence-electron chi connectivity index (χ0n) is 11.7. The Morgan fingerprint density at radius 2 is 2.16 bits per heavy atom. The number of aryl methyl sites for hydroxylation is 2. The van der Waals surface area contributed by atoms with Gasteiger partial charge in [0.1, 0.15) is 0 Å². The van der Waals surface area contributed by atoms with Crippen LogP contribution in [0.15, 0.2) is 18.3 Å². The van der Waals surface area contributed by atoms with Crippen LogP contribution < -0.4 is 5.32 Å². The minimum atomic E-state index is 0.690. The van der Waals surface area contributed by atoms with E-state index in [0.29, 0.717) is 5.41 Å². The average molecular weight is 255 g/mol. The van der Waals surface area contributed by atoms with Gasteiger partial charge in [0.25, 0.3) is 0 Å². The Balaban J connectivity index is 1.58. The predicted octanol–water partition coefficient (Wildman–Crippen LogP) is 2.42. The number of hydrogen-bond donors (Lipinski definition) is 1. The maximum Gasteiger partial charge on any atom is 0.0710 e. The lowest BCUT2D eigenvalue weighted by atomic mass is 9.57. The van der Waals surface area contributed by atoms with Crippen LogP contribution in [-0.2, 0) is 13.5 Å². The van der Waals surface area contributed by atoms with Crippen molar-refractivity contribution in [1.29, 1.82) is 0 Å². The number of benzene rings is 1. The van der Waals surface area contributed by atoms with Crippen molar-refractivity contribution in [3.05, 3.63) is 29.5 Å². The van der Waals surface area contributed by atoms with Crippen molar-refractivity contribution in [3.63, 3.8) is 0 Å². The topological polar surface area (TPSA) is 29.9 Å². The van der Waals surface area contributed by atoms with Crippen LogP contribution in [-0.4, -0.2) is 22.9 Å². The van der Waals surface area contributed by atoms with Crippen LogP contribution in [0.4, 0.5) is 0 Å². The van der Waals surface area contributed by atoms with Gasteiger partial charge in [-0.1, -0.05) is 12.1 Å². The van der Waals surface area contributed by atoms with E-state index in [1.807, 2.05) is 17.9 Å². The second-order valence-electron chi connectivity index (χ2n) is 6.64. The molecule has 3 heteroatoms. The summed E-state index contributed by atoms with van der Waals surface area (Å²) in [6.45, 7) is 4.76. The first-order valence-corrected chi connectivity index (χ1v) is 7.28. The minimum absolute atomic E-state index is 0.690. The summed E-state index contributed by atoms with van der Waals surface area (Å²) in [6, 6.07) is 4.54. The molecule has 1 N–H and O–H groups in total. The Morgan fingerprint density at radius 1 is 1.37 bits per heavy atom. The Morgan fingerprint density at radius 3 is 2.84 bits per heavy atom. The molecule has 0 radical (unpaired) electrons. The highest BCUT2D eigenvalue weighted by atomic mass is 15.2. The summed E-state index contributed by atoms with van der Waals surface area (Å²) in [6.07, 6.45) is 6.05. The van der Waals surface area contributed by atoms with Crippen LogP contribution in [0.1, 0.15) is 24.0 Å². The summed E-state index contributed by atoms with van der Waals surface area (Å²) in [5, 5.41) is 9.04. The van der Waals surface area contributed by atoms with E-state index in [0.717, 1.165) is 5.92 Å². The number of nitrogens with zero attached hydrogens (tertiary/aromatic N) is 2. The third-order valence-corrected chi connectivity index (χ3v) is 5.22. The lowest BCUT2D eigenvalue weighted by Gasteiger charge is -2.54. The van der Waals surface area contributed by atoms with Crippen molar-refractivity contribution in [1.82, 2.24) is 15.1 Å². The summed E-state index contributed by atoms with van der Waals surface area (Å²) in [5.41, 5.74) is 4.93. The van der Waals surface area contributed by atoms with Gasteiger partial charge in [-0.3, -0.25) is 4.68 Å². The standard InChI is InChI=1S/C16H21N3/c1-11-13(3-4-14-8-18-19(2)15(11)14)5-12-6-16(7-12)9-17-10-16/h3-4,8,12,17H,5-7,9-10H2,1-2H3. The third kappa shape index (κ3) is 1.64. The average Bonchev–Trinajstić information content (AvgIpc) is 2.66. The smallest absolute Gasteiger partial charge is 0.0710 e. The lowest BCUT2D eigenvalue weighted by molar-refractivity contribution is 0.000845. The number of rotatable bonds is 2. The van der Waals surface area contributed by atoms with Crippen molar-refractivity contribution in [2.75, 3.05) is 13.1 Å². The molecule has 1 saturated heterocycles. The minimum Gasteiger partial charge on any atom is -0.316 e. The van der Waals surface area contributed by atoms with E-state index in [2.05, 4.69) is 29.5 Å². The summed E-state index contributed by atoms with van der Waals surface area (Å²) < 4.78 is 2.01. The van der Waals surface area contributed by atoms with Crippen molar-refractivity contribution in [2.24, 2.45) is 18.4 Å². The molecular formula is C16H21N3. The molecule has 0 atom stereocenters. The molecule has 2 heterocycles. The fourth-order valence-electron chi connectivity index (χ4n) is 4.11. The molecule has 2 fully saturated rings. The molecule has 1 aromatic heterocycles. The van der Waals surface area contributed by atoms with E-state index in [-0.39, 0.29) is 0 Å². The molecule has 0 bridgehead atoms. The van der Waals surface area contributed by atoms with Crippen LogP contribution in [0, 0.1) is 18.3 Å². The molecular weight excluding hydrogens is 234 g/mol. The Bertz CT molecular complexity index is 629. The maximum atomic E-state index is 4.36. The highest BCUT2D eigenvalue weighted by Gasteiger charge is 2.47. The molecule has 1 spiro atoms. The molecule has 1 aliphatic carbocycles. The summed E-state index contributed by atoms with van der Waals surface area (Å²) in [7, 11) is 2.04. The normalized spacial score (nSPS) is 21.6. The van der Waals surface area contributed by atoms with Gasteiger partial charge in [0.05, 0.1) is 11.7 Å². The molecule has 19 heavy (non-hydrogen) atoms. The molecule has 100 valence electrons.